The third-order valence-electron chi connectivity index (χ3n) is 5.75. The van der Waals surface area contributed by atoms with Crippen molar-refractivity contribution >= 4 is 41.4 Å². The molecule has 0 spiro atoms. The molecule has 1 aromatic carbocycles. The number of hydrogen-bond donors (Lipinski definition) is 7. The summed E-state index contributed by atoms with van der Waals surface area (Å²) in [5, 5.41) is 26.3. The Hall–Kier alpha value is -3.91. The van der Waals surface area contributed by atoms with E-state index in [1.165, 1.54) is 24.3 Å². The Morgan fingerprint density at radius 3 is 2.10 bits per heavy atom. The highest BCUT2D eigenvalue weighted by atomic mass is 32.2. The molecular weight excluding hydrogens is 528 g/mol. The van der Waals surface area contributed by atoms with Crippen LogP contribution in [-0.2, 0) is 36.8 Å². The molecule has 2 aromatic rings. The van der Waals surface area contributed by atoms with Crippen molar-refractivity contribution < 1.29 is 34.2 Å². The van der Waals surface area contributed by atoms with E-state index in [4.69, 9.17) is 10.8 Å². The highest BCUT2D eigenvalue weighted by Crippen LogP contribution is 2.08. The maximum Gasteiger partial charge on any atom is 0.326 e. The Labute approximate surface area is 229 Å². The molecule has 0 bridgehead atoms. The zero-order valence-corrected chi connectivity index (χ0v) is 22.3. The molecule has 0 saturated heterocycles. The van der Waals surface area contributed by atoms with Crippen LogP contribution < -0.4 is 21.7 Å². The predicted molar refractivity (Wildman–Crippen MR) is 144 cm³/mol. The van der Waals surface area contributed by atoms with Crippen molar-refractivity contribution in [2.24, 2.45) is 5.73 Å². The van der Waals surface area contributed by atoms with Crippen LogP contribution in [0, 0.1) is 0 Å². The van der Waals surface area contributed by atoms with E-state index < -0.39 is 60.2 Å². The van der Waals surface area contributed by atoms with Crippen molar-refractivity contribution in [2.75, 3.05) is 12.0 Å². The van der Waals surface area contributed by atoms with Gasteiger partial charge in [0.15, 0.2) is 0 Å². The molecule has 14 heteroatoms. The molecule has 0 fully saturated rings. The van der Waals surface area contributed by atoms with Crippen LogP contribution in [0.2, 0.25) is 0 Å². The number of nitrogens with one attached hydrogen (secondary N) is 4. The summed E-state index contributed by atoms with van der Waals surface area (Å²) in [7, 11) is 0. The van der Waals surface area contributed by atoms with E-state index in [1.807, 2.05) is 6.26 Å². The Balaban J connectivity index is 2.12. The van der Waals surface area contributed by atoms with Crippen LogP contribution in [0.25, 0.3) is 0 Å². The average Bonchev–Trinajstić information content (AvgIpc) is 3.41. The smallest absolute Gasteiger partial charge is 0.326 e. The van der Waals surface area contributed by atoms with Crippen LogP contribution in [0.4, 0.5) is 0 Å². The van der Waals surface area contributed by atoms with Crippen molar-refractivity contribution in [3.63, 3.8) is 0 Å². The van der Waals surface area contributed by atoms with E-state index >= 15 is 0 Å². The molecule has 0 aliphatic heterocycles. The highest BCUT2D eigenvalue weighted by Gasteiger charge is 2.30. The Morgan fingerprint density at radius 2 is 1.54 bits per heavy atom. The minimum Gasteiger partial charge on any atom is -0.481 e. The molecule has 4 unspecified atom stereocenters. The van der Waals surface area contributed by atoms with Gasteiger partial charge < -0.3 is 36.9 Å². The van der Waals surface area contributed by atoms with Gasteiger partial charge in [0.25, 0.3) is 0 Å². The number of aromatic nitrogens is 2. The van der Waals surface area contributed by atoms with E-state index in [1.54, 1.807) is 30.3 Å². The molecule has 1 heterocycles. The zero-order chi connectivity index (χ0) is 28.8. The molecule has 2 rings (SSSR count). The summed E-state index contributed by atoms with van der Waals surface area (Å²) in [6.07, 6.45) is 4.39. The maximum atomic E-state index is 13.1. The number of carboxylic acids is 2. The topological polar surface area (TPSA) is 217 Å². The van der Waals surface area contributed by atoms with E-state index in [0.29, 0.717) is 17.0 Å². The molecule has 4 atom stereocenters. The number of imidazole rings is 1. The second-order valence-corrected chi connectivity index (χ2v) is 9.80. The number of nitrogens with zero attached hydrogens (tertiary/aromatic N) is 1. The number of hydrogen-bond acceptors (Lipinski definition) is 8. The summed E-state index contributed by atoms with van der Waals surface area (Å²) in [5.74, 6) is -4.12. The summed E-state index contributed by atoms with van der Waals surface area (Å²) < 4.78 is 0. The van der Waals surface area contributed by atoms with Gasteiger partial charge >= 0.3 is 11.9 Å². The number of rotatable bonds is 17. The van der Waals surface area contributed by atoms with Gasteiger partial charge in [-0.05, 0) is 30.4 Å². The maximum absolute atomic E-state index is 13.1. The number of carbonyl (C=O) groups excluding carboxylic acids is 3. The summed E-state index contributed by atoms with van der Waals surface area (Å²) in [6.45, 7) is 0. The van der Waals surface area contributed by atoms with E-state index in [0.717, 1.165) is 0 Å². The molecule has 8 N–H and O–H groups in total. The second-order valence-electron chi connectivity index (χ2n) is 8.81. The second kappa shape index (κ2) is 16.1. The van der Waals surface area contributed by atoms with Gasteiger partial charge in [-0.3, -0.25) is 19.2 Å². The largest absolute Gasteiger partial charge is 0.481 e. The third-order valence-corrected chi connectivity index (χ3v) is 6.40. The quantitative estimate of drug-likeness (QED) is 0.133. The molecular formula is C25H34N6O7S. The summed E-state index contributed by atoms with van der Waals surface area (Å²) in [6, 6.07) is 4.08. The van der Waals surface area contributed by atoms with Gasteiger partial charge in [0.05, 0.1) is 12.4 Å². The van der Waals surface area contributed by atoms with Crippen LogP contribution >= 0.6 is 11.8 Å². The van der Waals surface area contributed by atoms with Crippen LogP contribution in [-0.4, -0.2) is 86.0 Å². The summed E-state index contributed by atoms with van der Waals surface area (Å²) in [5.41, 5.74) is 7.25. The van der Waals surface area contributed by atoms with Crippen molar-refractivity contribution in [3.8, 4) is 0 Å². The molecule has 0 aliphatic rings. The Kier molecular flexibility index (Phi) is 13.0. The Bertz CT molecular complexity index is 1100. The van der Waals surface area contributed by atoms with Gasteiger partial charge in [-0.2, -0.15) is 11.8 Å². The first kappa shape index (κ1) is 31.3. The number of amides is 3. The number of carboxylic acid groups (broad SMARTS) is 2. The first-order valence-electron chi connectivity index (χ1n) is 12.2. The number of thioether (sulfide) groups is 1. The lowest BCUT2D eigenvalue weighted by molar-refractivity contribution is -0.142. The summed E-state index contributed by atoms with van der Waals surface area (Å²) in [4.78, 5) is 68.5. The molecule has 0 radical (unpaired) electrons. The molecule has 39 heavy (non-hydrogen) atoms. The van der Waals surface area contributed by atoms with Crippen molar-refractivity contribution in [2.45, 2.75) is 56.3 Å². The fourth-order valence-electron chi connectivity index (χ4n) is 3.64. The van der Waals surface area contributed by atoms with Gasteiger partial charge in [-0.25, -0.2) is 9.78 Å². The van der Waals surface area contributed by atoms with Crippen LogP contribution in [0.1, 0.15) is 30.5 Å². The standard InChI is InChI=1S/C25H34N6O7S/c1-39-10-9-19(24(36)31-20(25(37)38)11-15-5-3-2-4-6-15)30-23(35)18(7-8-21(32)33)29-22(34)17(26)12-16-13-27-14-28-16/h2-6,13-14,17-20H,7-12,26H2,1H3,(H,27,28)(H,29,34)(H,30,35)(H,31,36)(H,32,33)(H,37,38). The third kappa shape index (κ3) is 11.2. The van der Waals surface area contributed by atoms with Gasteiger partial charge in [-0.1, -0.05) is 30.3 Å². The molecule has 212 valence electrons. The molecule has 0 aliphatic carbocycles. The number of aromatic amines is 1. The van der Waals surface area contributed by atoms with Crippen LogP contribution in [0.5, 0.6) is 0 Å². The predicted octanol–water partition coefficient (Wildman–Crippen LogP) is -0.321. The molecule has 13 nitrogen and oxygen atoms in total. The van der Waals surface area contributed by atoms with Crippen molar-refractivity contribution in [1.82, 2.24) is 25.9 Å². The van der Waals surface area contributed by atoms with Gasteiger partial charge in [0.1, 0.15) is 18.1 Å². The lowest BCUT2D eigenvalue weighted by Gasteiger charge is -2.25. The monoisotopic (exact) mass is 562 g/mol. The molecule has 0 saturated carbocycles. The minimum absolute atomic E-state index is 0.0383. The first-order valence-corrected chi connectivity index (χ1v) is 13.6. The number of benzene rings is 1. The van der Waals surface area contributed by atoms with Gasteiger partial charge in [0, 0.05) is 31.2 Å². The molecule has 1 aromatic heterocycles. The first-order chi connectivity index (χ1) is 18.6. The zero-order valence-electron chi connectivity index (χ0n) is 21.5. The van der Waals surface area contributed by atoms with E-state index in [2.05, 4.69) is 25.9 Å². The van der Waals surface area contributed by atoms with Crippen molar-refractivity contribution in [3.05, 3.63) is 54.1 Å². The number of H-pyrrole nitrogens is 1. The minimum atomic E-state index is -1.29. The number of nitrogens with two attached hydrogens (primary N) is 1. The average molecular weight is 563 g/mol. The Morgan fingerprint density at radius 1 is 0.923 bits per heavy atom. The van der Waals surface area contributed by atoms with Crippen LogP contribution in [0.15, 0.2) is 42.9 Å². The van der Waals surface area contributed by atoms with Crippen LogP contribution in [0.3, 0.4) is 0 Å². The van der Waals surface area contributed by atoms with E-state index in [-0.39, 0.29) is 25.7 Å². The van der Waals surface area contributed by atoms with Gasteiger partial charge in [-0.15, -0.1) is 0 Å². The normalized spacial score (nSPS) is 13.9. The fourth-order valence-corrected chi connectivity index (χ4v) is 4.11. The van der Waals surface area contributed by atoms with Crippen molar-refractivity contribution in [1.29, 1.82) is 0 Å². The summed E-state index contributed by atoms with van der Waals surface area (Å²) >= 11 is 1.42. The number of aliphatic carboxylic acids is 2. The van der Waals surface area contributed by atoms with Gasteiger partial charge in [0.2, 0.25) is 17.7 Å². The lowest BCUT2D eigenvalue weighted by Crippen LogP contribution is -2.57. The number of carbonyl (C=O) groups is 5. The lowest BCUT2D eigenvalue weighted by atomic mass is 10.0. The molecule has 3 amide bonds. The van der Waals surface area contributed by atoms with E-state index in [9.17, 15) is 29.1 Å². The highest BCUT2D eigenvalue weighted by molar-refractivity contribution is 7.98. The SMILES string of the molecule is CSCCC(NC(=O)C(CCC(=O)O)NC(=O)C(N)Cc1cnc[nH]1)C(=O)NC(Cc1ccccc1)C(=O)O. The fraction of sp³-hybridized carbons (Fsp3) is 0.440.